The summed E-state index contributed by atoms with van der Waals surface area (Å²) in [7, 11) is 3.23. The first-order valence-corrected chi connectivity index (χ1v) is 10.9. The molecule has 6 nitrogen and oxygen atoms in total. The van der Waals surface area contributed by atoms with Crippen molar-refractivity contribution in [1.82, 2.24) is 4.98 Å². The van der Waals surface area contributed by atoms with E-state index in [2.05, 4.69) is 10.3 Å². The van der Waals surface area contributed by atoms with Gasteiger partial charge in [0.2, 0.25) is 5.88 Å². The van der Waals surface area contributed by atoms with Gasteiger partial charge >= 0.3 is 0 Å². The van der Waals surface area contributed by atoms with Crippen LogP contribution in [-0.4, -0.2) is 31.7 Å². The minimum Gasteiger partial charge on any atom is -0.493 e. The van der Waals surface area contributed by atoms with Gasteiger partial charge in [0.05, 0.1) is 26.5 Å². The second-order valence-electron chi connectivity index (χ2n) is 7.55. The van der Waals surface area contributed by atoms with Crippen LogP contribution < -0.4 is 19.5 Å². The number of carbonyl (C=O) groups excluding carboxylic acids is 1. The maximum absolute atomic E-state index is 12.7. The summed E-state index contributed by atoms with van der Waals surface area (Å²) in [6.07, 6.45) is 0.696. The van der Waals surface area contributed by atoms with E-state index in [1.54, 1.807) is 20.3 Å². The van der Waals surface area contributed by atoms with Crippen LogP contribution in [0.2, 0.25) is 0 Å². The van der Waals surface area contributed by atoms with Crippen molar-refractivity contribution in [3.8, 4) is 28.6 Å². The standard InChI is InChI=1S/C28H26N2O4/c1-32-25-15-14-20(18-26(25)33-2)16-17-34-27-13-7-12-24(30-27)21-8-6-9-22(19-21)28(31)29-23-10-4-3-5-11-23/h3-15,18-19H,16-17H2,1-2H3,(H,29,31). The molecule has 4 aromatic rings. The van der Waals surface area contributed by atoms with Crippen molar-refractivity contribution in [2.45, 2.75) is 6.42 Å². The maximum Gasteiger partial charge on any atom is 0.255 e. The van der Waals surface area contributed by atoms with E-state index in [-0.39, 0.29) is 5.91 Å². The summed E-state index contributed by atoms with van der Waals surface area (Å²) in [5.41, 5.74) is 3.96. The molecule has 0 aliphatic heterocycles. The minimum absolute atomic E-state index is 0.171. The van der Waals surface area contributed by atoms with Crippen LogP contribution in [0, 0.1) is 0 Å². The number of amides is 1. The van der Waals surface area contributed by atoms with Crippen LogP contribution in [0.15, 0.2) is 91.0 Å². The van der Waals surface area contributed by atoms with Crippen LogP contribution >= 0.6 is 0 Å². The van der Waals surface area contributed by atoms with Crippen molar-refractivity contribution < 1.29 is 19.0 Å². The smallest absolute Gasteiger partial charge is 0.255 e. The first kappa shape index (κ1) is 22.9. The number of hydrogen-bond acceptors (Lipinski definition) is 5. The minimum atomic E-state index is -0.171. The van der Waals surface area contributed by atoms with E-state index in [9.17, 15) is 4.79 Å². The molecule has 6 heteroatoms. The average molecular weight is 455 g/mol. The summed E-state index contributed by atoms with van der Waals surface area (Å²) in [5.74, 6) is 1.74. The molecule has 0 aliphatic rings. The normalized spacial score (nSPS) is 10.4. The van der Waals surface area contributed by atoms with E-state index < -0.39 is 0 Å². The lowest BCUT2D eigenvalue weighted by Crippen LogP contribution is -2.11. The van der Waals surface area contributed by atoms with Crippen molar-refractivity contribution in [3.63, 3.8) is 0 Å². The van der Waals surface area contributed by atoms with Gasteiger partial charge in [-0.2, -0.15) is 0 Å². The van der Waals surface area contributed by atoms with E-state index in [0.29, 0.717) is 36.0 Å². The van der Waals surface area contributed by atoms with E-state index in [1.807, 2.05) is 84.9 Å². The number of rotatable bonds is 9. The highest BCUT2D eigenvalue weighted by Gasteiger charge is 2.10. The molecule has 3 aromatic carbocycles. The van der Waals surface area contributed by atoms with Crippen molar-refractivity contribution in [3.05, 3.63) is 102 Å². The highest BCUT2D eigenvalue weighted by atomic mass is 16.5. The fourth-order valence-corrected chi connectivity index (χ4v) is 3.51. The third-order valence-electron chi connectivity index (χ3n) is 5.26. The second-order valence-corrected chi connectivity index (χ2v) is 7.55. The number of pyridine rings is 1. The zero-order valence-electron chi connectivity index (χ0n) is 19.2. The molecule has 0 saturated carbocycles. The fourth-order valence-electron chi connectivity index (χ4n) is 3.51. The number of anilines is 1. The molecular weight excluding hydrogens is 428 g/mol. The predicted octanol–water partition coefficient (Wildman–Crippen LogP) is 5.64. The molecule has 0 atom stereocenters. The number of carbonyl (C=O) groups is 1. The first-order chi connectivity index (χ1) is 16.7. The molecular formula is C28H26N2O4. The molecule has 1 heterocycles. The number of aromatic nitrogens is 1. The molecule has 0 unspecified atom stereocenters. The molecule has 172 valence electrons. The number of nitrogens with zero attached hydrogens (tertiary/aromatic N) is 1. The Morgan fingerprint density at radius 2 is 1.62 bits per heavy atom. The Morgan fingerprint density at radius 3 is 2.41 bits per heavy atom. The second kappa shape index (κ2) is 11.0. The maximum atomic E-state index is 12.7. The Hall–Kier alpha value is -4.32. The summed E-state index contributed by atoms with van der Waals surface area (Å²) in [6.45, 7) is 0.464. The molecule has 1 N–H and O–H groups in total. The molecule has 0 radical (unpaired) electrons. The predicted molar refractivity (Wildman–Crippen MR) is 133 cm³/mol. The number of ether oxygens (including phenoxy) is 3. The van der Waals surface area contributed by atoms with Crippen molar-refractivity contribution in [1.29, 1.82) is 0 Å². The van der Waals surface area contributed by atoms with E-state index in [0.717, 1.165) is 22.5 Å². The Kier molecular flexibility index (Phi) is 7.40. The van der Waals surface area contributed by atoms with Crippen LogP contribution in [0.1, 0.15) is 15.9 Å². The number of hydrogen-bond donors (Lipinski definition) is 1. The van der Waals surface area contributed by atoms with Crippen LogP contribution in [0.25, 0.3) is 11.3 Å². The number of methoxy groups -OCH3 is 2. The summed E-state index contributed by atoms with van der Waals surface area (Å²) < 4.78 is 16.5. The molecule has 0 aliphatic carbocycles. The van der Waals surface area contributed by atoms with Crippen LogP contribution in [0.5, 0.6) is 17.4 Å². The van der Waals surface area contributed by atoms with E-state index >= 15 is 0 Å². The van der Waals surface area contributed by atoms with Crippen molar-refractivity contribution in [2.75, 3.05) is 26.1 Å². The molecule has 0 bridgehead atoms. The molecule has 1 amide bonds. The van der Waals surface area contributed by atoms with Gasteiger partial charge in [0.25, 0.3) is 5.91 Å². The van der Waals surface area contributed by atoms with Gasteiger partial charge in [-0.25, -0.2) is 4.98 Å². The highest BCUT2D eigenvalue weighted by molar-refractivity contribution is 6.04. The zero-order chi connectivity index (χ0) is 23.8. The van der Waals surface area contributed by atoms with Gasteiger partial charge in [-0.05, 0) is 48.0 Å². The number of para-hydroxylation sites is 1. The van der Waals surface area contributed by atoms with Gasteiger partial charge in [-0.3, -0.25) is 4.79 Å². The lowest BCUT2D eigenvalue weighted by atomic mass is 10.1. The van der Waals surface area contributed by atoms with E-state index in [1.165, 1.54) is 0 Å². The Labute approximate surface area is 199 Å². The molecule has 4 rings (SSSR count). The third-order valence-corrected chi connectivity index (χ3v) is 5.26. The fraction of sp³-hybridized carbons (Fsp3) is 0.143. The largest absolute Gasteiger partial charge is 0.493 e. The van der Waals surface area contributed by atoms with Gasteiger partial charge in [-0.15, -0.1) is 0 Å². The van der Waals surface area contributed by atoms with Crippen LogP contribution in [-0.2, 0) is 6.42 Å². The lowest BCUT2D eigenvalue weighted by molar-refractivity contribution is 0.102. The highest BCUT2D eigenvalue weighted by Crippen LogP contribution is 2.28. The van der Waals surface area contributed by atoms with Crippen molar-refractivity contribution in [2.24, 2.45) is 0 Å². The molecule has 0 spiro atoms. The Balaban J connectivity index is 1.41. The monoisotopic (exact) mass is 454 g/mol. The summed E-state index contributed by atoms with van der Waals surface area (Å²) in [4.78, 5) is 17.3. The topological polar surface area (TPSA) is 69.7 Å². The quantitative estimate of drug-likeness (QED) is 0.354. The molecule has 0 saturated heterocycles. The van der Waals surface area contributed by atoms with Gasteiger partial charge in [-0.1, -0.05) is 42.5 Å². The Bertz CT molecular complexity index is 1260. The lowest BCUT2D eigenvalue weighted by Gasteiger charge is -2.11. The average Bonchev–Trinajstić information content (AvgIpc) is 2.89. The summed E-state index contributed by atoms with van der Waals surface area (Å²) in [6, 6.07) is 28.2. The third kappa shape index (κ3) is 5.72. The van der Waals surface area contributed by atoms with Gasteiger partial charge < -0.3 is 19.5 Å². The van der Waals surface area contributed by atoms with Gasteiger partial charge in [0.1, 0.15) is 0 Å². The zero-order valence-corrected chi connectivity index (χ0v) is 19.2. The van der Waals surface area contributed by atoms with Crippen molar-refractivity contribution >= 4 is 11.6 Å². The van der Waals surface area contributed by atoms with Crippen LogP contribution in [0.3, 0.4) is 0 Å². The van der Waals surface area contributed by atoms with Gasteiger partial charge in [0.15, 0.2) is 11.5 Å². The number of benzene rings is 3. The Morgan fingerprint density at radius 1 is 0.824 bits per heavy atom. The molecule has 1 aromatic heterocycles. The number of nitrogens with one attached hydrogen (secondary N) is 1. The summed E-state index contributed by atoms with van der Waals surface area (Å²) >= 11 is 0. The van der Waals surface area contributed by atoms with Crippen LogP contribution in [0.4, 0.5) is 5.69 Å². The SMILES string of the molecule is COc1ccc(CCOc2cccc(-c3cccc(C(=O)Nc4ccccc4)c3)n2)cc1OC. The first-order valence-electron chi connectivity index (χ1n) is 10.9. The summed E-state index contributed by atoms with van der Waals surface area (Å²) in [5, 5.41) is 2.91. The molecule has 34 heavy (non-hydrogen) atoms. The van der Waals surface area contributed by atoms with Gasteiger partial charge in [0, 0.05) is 29.3 Å². The molecule has 0 fully saturated rings. The van der Waals surface area contributed by atoms with E-state index in [4.69, 9.17) is 14.2 Å².